The van der Waals surface area contributed by atoms with Gasteiger partial charge in [-0.05, 0) is 31.4 Å². The van der Waals surface area contributed by atoms with Crippen LogP contribution >= 0.6 is 11.3 Å². The highest BCUT2D eigenvalue weighted by Crippen LogP contribution is 2.24. The van der Waals surface area contributed by atoms with Gasteiger partial charge in [0.2, 0.25) is 5.91 Å². The van der Waals surface area contributed by atoms with Gasteiger partial charge in [0, 0.05) is 30.9 Å². The molecule has 0 aliphatic carbocycles. The third-order valence-electron chi connectivity index (χ3n) is 4.68. The molecule has 0 spiro atoms. The lowest BCUT2D eigenvalue weighted by molar-refractivity contribution is -0.126. The van der Waals surface area contributed by atoms with E-state index in [-0.39, 0.29) is 17.7 Å². The Hall–Kier alpha value is -2.41. The van der Waals surface area contributed by atoms with Crippen molar-refractivity contribution in [3.8, 4) is 5.75 Å². The summed E-state index contributed by atoms with van der Waals surface area (Å²) in [6.07, 6.45) is 2.33. The molecule has 1 N–H and O–H groups in total. The van der Waals surface area contributed by atoms with E-state index in [4.69, 9.17) is 4.74 Å². The molecule has 6 nitrogen and oxygen atoms in total. The van der Waals surface area contributed by atoms with Gasteiger partial charge in [-0.15, -0.1) is 11.3 Å². The molecule has 3 rings (SSSR count). The summed E-state index contributed by atoms with van der Waals surface area (Å²) in [5.74, 6) is 0.627. The van der Waals surface area contributed by atoms with Crippen molar-refractivity contribution in [1.82, 2.24) is 15.2 Å². The number of nitrogens with one attached hydrogen (secondary N) is 1. The summed E-state index contributed by atoms with van der Waals surface area (Å²) in [4.78, 5) is 31.1. The topological polar surface area (TPSA) is 71.5 Å². The number of benzene rings is 1. The summed E-state index contributed by atoms with van der Waals surface area (Å²) in [5.41, 5.74) is 3.17. The molecule has 2 amide bonds. The largest absolute Gasteiger partial charge is 0.486 e. The highest BCUT2D eigenvalue weighted by molar-refractivity contribution is 7.07. The first kappa shape index (κ1) is 19.4. The maximum absolute atomic E-state index is 13.0. The quantitative estimate of drug-likeness (QED) is 0.792. The fourth-order valence-electron chi connectivity index (χ4n) is 3.14. The average Bonchev–Trinajstić information content (AvgIpc) is 3.24. The van der Waals surface area contributed by atoms with Crippen molar-refractivity contribution in [3.63, 3.8) is 0 Å². The van der Waals surface area contributed by atoms with E-state index in [1.807, 2.05) is 35.4 Å². The van der Waals surface area contributed by atoms with Gasteiger partial charge in [-0.2, -0.15) is 0 Å². The predicted octanol–water partition coefficient (Wildman–Crippen LogP) is 3.10. The highest BCUT2D eigenvalue weighted by atomic mass is 32.1. The molecule has 0 bridgehead atoms. The molecule has 1 aliphatic rings. The van der Waals surface area contributed by atoms with E-state index >= 15 is 0 Å². The normalized spacial score (nSPS) is 14.8. The summed E-state index contributed by atoms with van der Waals surface area (Å²) >= 11 is 1.52. The number of hydrogen-bond acceptors (Lipinski definition) is 5. The lowest BCUT2D eigenvalue weighted by atomic mass is 9.95. The number of aromatic nitrogens is 1. The fraction of sp³-hybridized carbons (Fsp3) is 0.450. The van der Waals surface area contributed by atoms with Crippen LogP contribution in [-0.2, 0) is 11.4 Å². The molecule has 27 heavy (non-hydrogen) atoms. The van der Waals surface area contributed by atoms with Crippen molar-refractivity contribution < 1.29 is 14.3 Å². The van der Waals surface area contributed by atoms with Crippen molar-refractivity contribution in [2.45, 2.75) is 32.8 Å². The maximum Gasteiger partial charge on any atom is 0.257 e. The van der Waals surface area contributed by atoms with Gasteiger partial charge in [0.25, 0.3) is 5.91 Å². The molecule has 1 aliphatic heterocycles. The Morgan fingerprint density at radius 1 is 1.30 bits per heavy atom. The molecule has 144 valence electrons. The maximum atomic E-state index is 13.0. The van der Waals surface area contributed by atoms with Gasteiger partial charge in [-0.25, -0.2) is 4.98 Å². The molecule has 0 unspecified atom stereocenters. The van der Waals surface area contributed by atoms with E-state index in [2.05, 4.69) is 10.3 Å². The number of ether oxygens (including phenoxy) is 1. The Labute approximate surface area is 163 Å². The molecule has 0 saturated carbocycles. The van der Waals surface area contributed by atoms with Crippen molar-refractivity contribution >= 4 is 23.2 Å². The minimum atomic E-state index is -0.0451. The van der Waals surface area contributed by atoms with Crippen molar-refractivity contribution in [3.05, 3.63) is 46.4 Å². The van der Waals surface area contributed by atoms with E-state index in [9.17, 15) is 9.59 Å². The molecule has 1 saturated heterocycles. The number of likely N-dealkylation sites (tertiary alicyclic amines) is 1. The first-order valence-electron chi connectivity index (χ1n) is 9.35. The second-order valence-corrected chi connectivity index (χ2v) is 7.34. The monoisotopic (exact) mass is 387 g/mol. The Bertz CT molecular complexity index is 756. The van der Waals surface area contributed by atoms with Crippen molar-refractivity contribution in [1.29, 1.82) is 0 Å². The SMILES string of the molecule is CCCNC(=O)C1CCN(C(=O)c2ccccc2OCc2cscn2)CC1. The van der Waals surface area contributed by atoms with Crippen molar-refractivity contribution in [2.24, 2.45) is 5.92 Å². The molecule has 0 atom stereocenters. The van der Waals surface area contributed by atoms with Gasteiger partial charge in [0.1, 0.15) is 12.4 Å². The first-order chi connectivity index (χ1) is 13.2. The zero-order valence-corrected chi connectivity index (χ0v) is 16.3. The van der Waals surface area contributed by atoms with E-state index < -0.39 is 0 Å². The number of para-hydroxylation sites is 1. The zero-order valence-electron chi connectivity index (χ0n) is 15.5. The average molecular weight is 388 g/mol. The standard InChI is InChI=1S/C20H25N3O3S/c1-2-9-21-19(24)15-7-10-23(11-8-15)20(25)17-5-3-4-6-18(17)26-12-16-13-27-14-22-16/h3-6,13-15H,2,7-12H2,1H3,(H,21,24). The van der Waals surface area contributed by atoms with E-state index in [1.54, 1.807) is 11.6 Å². The highest BCUT2D eigenvalue weighted by Gasteiger charge is 2.28. The molecule has 2 heterocycles. The van der Waals surface area contributed by atoms with Crippen LogP contribution in [0.15, 0.2) is 35.2 Å². The Balaban J connectivity index is 1.59. The molecule has 1 fully saturated rings. The van der Waals surface area contributed by atoms with Crippen LogP contribution in [0.5, 0.6) is 5.75 Å². The smallest absolute Gasteiger partial charge is 0.257 e. The number of rotatable bonds is 7. The third-order valence-corrected chi connectivity index (χ3v) is 5.31. The molecule has 7 heteroatoms. The van der Waals surface area contributed by atoms with E-state index in [1.165, 1.54) is 11.3 Å². The summed E-state index contributed by atoms with van der Waals surface area (Å²) in [6, 6.07) is 7.30. The molecule has 1 aromatic heterocycles. The van der Waals surface area contributed by atoms with Gasteiger partial charge in [0.05, 0.1) is 16.8 Å². The lowest BCUT2D eigenvalue weighted by Gasteiger charge is -2.31. The molecular weight excluding hydrogens is 362 g/mol. The molecule has 0 radical (unpaired) electrons. The van der Waals surface area contributed by atoms with E-state index in [0.29, 0.717) is 50.4 Å². The number of amides is 2. The van der Waals surface area contributed by atoms with Crippen LogP contribution in [0.3, 0.4) is 0 Å². The van der Waals surface area contributed by atoms with Crippen LogP contribution < -0.4 is 10.1 Å². The fourth-order valence-corrected chi connectivity index (χ4v) is 3.68. The minimum absolute atomic E-state index is 0.00300. The van der Waals surface area contributed by atoms with Gasteiger partial charge < -0.3 is 15.0 Å². The van der Waals surface area contributed by atoms with Crippen LogP contribution in [0.25, 0.3) is 0 Å². The van der Waals surface area contributed by atoms with Crippen LogP contribution in [-0.4, -0.2) is 41.3 Å². The van der Waals surface area contributed by atoms with Crippen LogP contribution in [0.2, 0.25) is 0 Å². The molecule has 2 aromatic rings. The third kappa shape index (κ3) is 5.07. The van der Waals surface area contributed by atoms with Gasteiger partial charge in [0.15, 0.2) is 0 Å². The summed E-state index contributed by atoms with van der Waals surface area (Å²) < 4.78 is 5.83. The number of piperidine rings is 1. The van der Waals surface area contributed by atoms with Gasteiger partial charge >= 0.3 is 0 Å². The van der Waals surface area contributed by atoms with E-state index in [0.717, 1.165) is 12.1 Å². The zero-order chi connectivity index (χ0) is 19.1. The number of hydrogen-bond donors (Lipinski definition) is 1. The Morgan fingerprint density at radius 2 is 2.07 bits per heavy atom. The second kappa shape index (κ2) is 9.50. The summed E-state index contributed by atoms with van der Waals surface area (Å²) in [5, 5.41) is 4.88. The van der Waals surface area contributed by atoms with Crippen LogP contribution in [0.1, 0.15) is 42.2 Å². The lowest BCUT2D eigenvalue weighted by Crippen LogP contribution is -2.43. The summed E-state index contributed by atoms with van der Waals surface area (Å²) in [7, 11) is 0. The first-order valence-corrected chi connectivity index (χ1v) is 10.3. The van der Waals surface area contributed by atoms with Crippen LogP contribution in [0.4, 0.5) is 0 Å². The Kier molecular flexibility index (Phi) is 6.81. The number of carbonyl (C=O) groups is 2. The minimum Gasteiger partial charge on any atom is -0.486 e. The molecular formula is C20H25N3O3S. The number of thiazole rings is 1. The van der Waals surface area contributed by atoms with Crippen LogP contribution in [0, 0.1) is 5.92 Å². The number of nitrogens with zero attached hydrogens (tertiary/aromatic N) is 2. The van der Waals surface area contributed by atoms with Crippen molar-refractivity contribution in [2.75, 3.05) is 19.6 Å². The predicted molar refractivity (Wildman–Crippen MR) is 105 cm³/mol. The Morgan fingerprint density at radius 3 is 2.78 bits per heavy atom. The second-order valence-electron chi connectivity index (χ2n) is 6.62. The van der Waals surface area contributed by atoms with Gasteiger partial charge in [-0.1, -0.05) is 19.1 Å². The van der Waals surface area contributed by atoms with Gasteiger partial charge in [-0.3, -0.25) is 9.59 Å². The molecule has 1 aromatic carbocycles. The number of carbonyl (C=O) groups excluding carboxylic acids is 2. The summed E-state index contributed by atoms with van der Waals surface area (Å²) in [6.45, 7) is 4.26.